The van der Waals surface area contributed by atoms with E-state index in [1.807, 2.05) is 0 Å². The molecule has 1 unspecified atom stereocenters. The van der Waals surface area contributed by atoms with Gasteiger partial charge in [-0.3, -0.25) is 14.5 Å². The van der Waals surface area contributed by atoms with Gasteiger partial charge in [-0.15, -0.1) is 11.6 Å². The molecule has 2 amide bonds. The van der Waals surface area contributed by atoms with Crippen LogP contribution in [-0.2, 0) is 4.79 Å². The Bertz CT molecular complexity index is 573. The molecule has 5 nitrogen and oxygen atoms in total. The van der Waals surface area contributed by atoms with Crippen LogP contribution in [0.1, 0.15) is 5.56 Å². The van der Waals surface area contributed by atoms with Gasteiger partial charge >= 0.3 is 0 Å². The first kappa shape index (κ1) is 15.9. The second-order valence-corrected chi connectivity index (χ2v) is 5.68. The van der Waals surface area contributed by atoms with Gasteiger partial charge in [0.25, 0.3) is 11.1 Å². The van der Waals surface area contributed by atoms with Crippen molar-refractivity contribution < 1.29 is 19.4 Å². The zero-order valence-electron chi connectivity index (χ0n) is 11.3. The second kappa shape index (κ2) is 6.98. The van der Waals surface area contributed by atoms with Gasteiger partial charge in [0.05, 0.1) is 30.5 Å². The number of amides is 2. The molecule has 0 aromatic heterocycles. The molecule has 1 fully saturated rings. The van der Waals surface area contributed by atoms with Crippen LogP contribution in [0.2, 0.25) is 0 Å². The molecular weight excluding hydrogens is 314 g/mol. The molecule has 2 rings (SSSR count). The number of imide groups is 1. The van der Waals surface area contributed by atoms with Crippen molar-refractivity contribution in [1.82, 2.24) is 4.90 Å². The van der Waals surface area contributed by atoms with Crippen molar-refractivity contribution in [2.45, 2.75) is 6.10 Å². The first-order valence-corrected chi connectivity index (χ1v) is 7.53. The molecule has 1 aliphatic heterocycles. The highest BCUT2D eigenvalue weighted by molar-refractivity contribution is 8.18. The summed E-state index contributed by atoms with van der Waals surface area (Å²) in [6.07, 6.45) is 0.720. The van der Waals surface area contributed by atoms with Crippen LogP contribution in [0.4, 0.5) is 4.79 Å². The van der Waals surface area contributed by atoms with Crippen LogP contribution in [0.15, 0.2) is 29.2 Å². The summed E-state index contributed by atoms with van der Waals surface area (Å²) in [5, 5.41) is 9.07. The van der Waals surface area contributed by atoms with Crippen LogP contribution < -0.4 is 4.74 Å². The average Bonchev–Trinajstić information content (AvgIpc) is 2.75. The lowest BCUT2D eigenvalue weighted by Crippen LogP contribution is -2.36. The third kappa shape index (κ3) is 3.78. The molecular formula is C14H14ClNO4S. The van der Waals surface area contributed by atoms with Gasteiger partial charge in [0.2, 0.25) is 0 Å². The van der Waals surface area contributed by atoms with Crippen LogP contribution in [0.3, 0.4) is 0 Å². The van der Waals surface area contributed by atoms with Gasteiger partial charge in [-0.1, -0.05) is 12.1 Å². The number of alkyl halides is 1. The van der Waals surface area contributed by atoms with E-state index in [9.17, 15) is 14.7 Å². The number of benzene rings is 1. The van der Waals surface area contributed by atoms with E-state index in [2.05, 4.69) is 0 Å². The number of β-amino-alcohol motifs (C(OH)–C–C–N with tert-alkyl or cyclic N) is 1. The summed E-state index contributed by atoms with van der Waals surface area (Å²) < 4.78 is 5.06. The molecule has 0 saturated carbocycles. The predicted molar refractivity (Wildman–Crippen MR) is 82.4 cm³/mol. The quantitative estimate of drug-likeness (QED) is 0.664. The van der Waals surface area contributed by atoms with Crippen molar-refractivity contribution in [3.63, 3.8) is 0 Å². The Morgan fingerprint density at radius 3 is 2.62 bits per heavy atom. The summed E-state index contributed by atoms with van der Waals surface area (Å²) in [6, 6.07) is 7.13. The number of aliphatic hydroxyl groups excluding tert-OH is 1. The zero-order chi connectivity index (χ0) is 15.4. The van der Waals surface area contributed by atoms with Crippen molar-refractivity contribution in [2.75, 3.05) is 19.5 Å². The van der Waals surface area contributed by atoms with Crippen molar-refractivity contribution in [3.8, 4) is 5.75 Å². The number of carbonyl (C=O) groups is 2. The summed E-state index contributed by atoms with van der Waals surface area (Å²) in [6.45, 7) is -0.0892. The molecule has 0 radical (unpaired) electrons. The number of hydrogen-bond acceptors (Lipinski definition) is 5. The van der Waals surface area contributed by atoms with E-state index in [1.165, 1.54) is 0 Å². The van der Waals surface area contributed by atoms with Crippen LogP contribution in [-0.4, -0.2) is 46.8 Å². The molecule has 0 bridgehead atoms. The fourth-order valence-electron chi connectivity index (χ4n) is 1.77. The molecule has 1 atom stereocenters. The van der Waals surface area contributed by atoms with Crippen molar-refractivity contribution >= 4 is 40.6 Å². The predicted octanol–water partition coefficient (Wildman–Crippen LogP) is 2.33. The maximum absolute atomic E-state index is 12.1. The van der Waals surface area contributed by atoms with Crippen molar-refractivity contribution in [2.24, 2.45) is 0 Å². The van der Waals surface area contributed by atoms with Gasteiger partial charge in [0.15, 0.2) is 0 Å². The molecule has 0 aliphatic carbocycles. The van der Waals surface area contributed by atoms with Gasteiger partial charge in [-0.25, -0.2) is 0 Å². The molecule has 1 heterocycles. The minimum Gasteiger partial charge on any atom is -0.497 e. The molecule has 7 heteroatoms. The van der Waals surface area contributed by atoms with E-state index in [1.54, 1.807) is 37.5 Å². The first-order valence-electron chi connectivity index (χ1n) is 6.18. The number of nitrogens with zero attached hydrogens (tertiary/aromatic N) is 1. The van der Waals surface area contributed by atoms with Crippen molar-refractivity contribution in [3.05, 3.63) is 34.7 Å². The van der Waals surface area contributed by atoms with Gasteiger partial charge in [-0.2, -0.15) is 0 Å². The Morgan fingerprint density at radius 1 is 1.38 bits per heavy atom. The monoisotopic (exact) mass is 327 g/mol. The van der Waals surface area contributed by atoms with E-state index in [0.29, 0.717) is 10.7 Å². The van der Waals surface area contributed by atoms with Crippen LogP contribution in [0, 0.1) is 0 Å². The Morgan fingerprint density at radius 2 is 2.05 bits per heavy atom. The van der Waals surface area contributed by atoms with E-state index < -0.39 is 17.3 Å². The maximum Gasteiger partial charge on any atom is 0.293 e. The van der Waals surface area contributed by atoms with Crippen LogP contribution >= 0.6 is 23.4 Å². The van der Waals surface area contributed by atoms with Gasteiger partial charge < -0.3 is 9.84 Å². The number of halogens is 1. The van der Waals surface area contributed by atoms with E-state index >= 15 is 0 Å². The highest BCUT2D eigenvalue weighted by atomic mass is 35.5. The van der Waals surface area contributed by atoms with Crippen LogP contribution in [0.25, 0.3) is 6.08 Å². The molecule has 1 aromatic carbocycles. The largest absolute Gasteiger partial charge is 0.497 e. The summed E-state index contributed by atoms with van der Waals surface area (Å²) in [5.41, 5.74) is 0.791. The number of thioether (sulfide) groups is 1. The molecule has 0 spiro atoms. The second-order valence-electron chi connectivity index (χ2n) is 4.37. The third-order valence-corrected chi connectivity index (χ3v) is 4.12. The number of methoxy groups -OCH3 is 1. The zero-order valence-corrected chi connectivity index (χ0v) is 12.9. The van der Waals surface area contributed by atoms with E-state index in [0.717, 1.165) is 22.2 Å². The minimum absolute atomic E-state index is 0.0285. The molecule has 1 saturated heterocycles. The summed E-state index contributed by atoms with van der Waals surface area (Å²) in [5.74, 6) is 0.273. The van der Waals surface area contributed by atoms with Crippen molar-refractivity contribution in [1.29, 1.82) is 0 Å². The highest BCUT2D eigenvalue weighted by Gasteiger charge is 2.35. The molecule has 21 heavy (non-hydrogen) atoms. The first-order chi connectivity index (χ1) is 10.0. The Hall–Kier alpha value is -1.50. The van der Waals surface area contributed by atoms with E-state index in [4.69, 9.17) is 16.3 Å². The Kier molecular flexibility index (Phi) is 5.27. The fourth-order valence-corrected chi connectivity index (χ4v) is 2.71. The van der Waals surface area contributed by atoms with Gasteiger partial charge in [0, 0.05) is 0 Å². The number of ether oxygens (including phenoxy) is 1. The fraction of sp³-hybridized carbons (Fsp3) is 0.286. The Labute approximate surface area is 131 Å². The number of carbonyl (C=O) groups excluding carboxylic acids is 2. The van der Waals surface area contributed by atoms with Gasteiger partial charge in [-0.05, 0) is 35.5 Å². The maximum atomic E-state index is 12.1. The van der Waals surface area contributed by atoms with Crippen LogP contribution in [0.5, 0.6) is 5.75 Å². The molecule has 112 valence electrons. The number of hydrogen-bond donors (Lipinski definition) is 1. The standard InChI is InChI=1S/C14H14ClNO4S/c1-20-11-4-2-9(3-5-11)6-12-13(18)16(14(19)21-12)8-10(17)7-15/h2-6,10,17H,7-8H2,1H3/b12-6+. The average molecular weight is 328 g/mol. The Balaban J connectivity index is 2.15. The SMILES string of the molecule is COc1ccc(/C=C2/SC(=O)N(CC(O)CCl)C2=O)cc1. The third-order valence-electron chi connectivity index (χ3n) is 2.86. The minimum atomic E-state index is -0.916. The highest BCUT2D eigenvalue weighted by Crippen LogP contribution is 2.32. The topological polar surface area (TPSA) is 66.8 Å². The molecule has 1 aromatic rings. The summed E-state index contributed by atoms with van der Waals surface area (Å²) in [7, 11) is 1.57. The lowest BCUT2D eigenvalue weighted by atomic mass is 10.2. The summed E-state index contributed by atoms with van der Waals surface area (Å²) >= 11 is 6.34. The normalized spacial score (nSPS) is 18.4. The molecule has 1 aliphatic rings. The lowest BCUT2D eigenvalue weighted by molar-refractivity contribution is -0.123. The number of aliphatic hydroxyl groups is 1. The summed E-state index contributed by atoms with van der Waals surface area (Å²) in [4.78, 5) is 25.3. The van der Waals surface area contributed by atoms with Gasteiger partial charge in [0.1, 0.15) is 5.75 Å². The number of rotatable bonds is 5. The smallest absolute Gasteiger partial charge is 0.293 e. The lowest BCUT2D eigenvalue weighted by Gasteiger charge is -2.15. The molecule has 1 N–H and O–H groups in total. The van der Waals surface area contributed by atoms with E-state index in [-0.39, 0.29) is 12.4 Å².